The Hall–Kier alpha value is -2.14. The molecule has 2 aromatic rings. The van der Waals surface area contributed by atoms with Crippen molar-refractivity contribution in [1.29, 1.82) is 0 Å². The van der Waals surface area contributed by atoms with E-state index in [1.807, 2.05) is 53.4 Å². The van der Waals surface area contributed by atoms with E-state index in [1.165, 1.54) is 0 Å². The molecule has 0 spiro atoms. The minimum Gasteiger partial charge on any atom is -0.497 e. The highest BCUT2D eigenvalue weighted by atomic mass is 79.9. The van der Waals surface area contributed by atoms with Gasteiger partial charge in [-0.2, -0.15) is 0 Å². The summed E-state index contributed by atoms with van der Waals surface area (Å²) in [5, 5.41) is 0. The molecule has 0 bridgehead atoms. The summed E-state index contributed by atoms with van der Waals surface area (Å²) in [4.78, 5) is 19.5. The molecule has 1 aliphatic rings. The fraction of sp³-hybridized carbons (Fsp3) is 0.300. The number of methoxy groups -OCH3 is 1. The Labute approximate surface area is 156 Å². The van der Waals surface area contributed by atoms with E-state index in [1.54, 1.807) is 7.11 Å². The molecule has 0 aromatic heterocycles. The van der Waals surface area contributed by atoms with E-state index in [2.05, 4.69) is 20.9 Å². The molecule has 0 saturated heterocycles. The van der Waals surface area contributed by atoms with Crippen molar-refractivity contribution in [3.05, 3.63) is 58.6 Å². The Balaban J connectivity index is 1.86. The third-order valence-corrected chi connectivity index (χ3v) is 4.80. The van der Waals surface area contributed by atoms with E-state index >= 15 is 0 Å². The van der Waals surface area contributed by atoms with Gasteiger partial charge in [-0.3, -0.25) is 9.79 Å². The average Bonchev–Trinajstić information content (AvgIpc) is 2.67. The minimum absolute atomic E-state index is 0.0802. The van der Waals surface area contributed by atoms with Gasteiger partial charge in [0.25, 0.3) is 0 Å². The first-order chi connectivity index (χ1) is 12.2. The van der Waals surface area contributed by atoms with Crippen LogP contribution in [0.25, 0.3) is 0 Å². The predicted octanol–water partition coefficient (Wildman–Crippen LogP) is 4.73. The Bertz CT molecular complexity index is 754. The van der Waals surface area contributed by atoms with Crippen LogP contribution < -0.4 is 9.64 Å². The highest BCUT2D eigenvalue weighted by molar-refractivity contribution is 9.10. The van der Waals surface area contributed by atoms with Gasteiger partial charge in [0.2, 0.25) is 0 Å². The molecule has 0 atom stereocenters. The van der Waals surface area contributed by atoms with Crippen LogP contribution in [0, 0.1) is 0 Å². The van der Waals surface area contributed by atoms with Crippen molar-refractivity contribution in [3.63, 3.8) is 0 Å². The highest BCUT2D eigenvalue weighted by Gasteiger charge is 2.20. The Kier molecular flexibility index (Phi) is 5.87. The number of ether oxygens (including phenoxy) is 1. The maximum absolute atomic E-state index is 12.8. The molecule has 5 heteroatoms. The number of amidine groups is 1. The molecular weight excluding hydrogens is 380 g/mol. The van der Waals surface area contributed by atoms with Gasteiger partial charge in [0, 0.05) is 28.7 Å². The predicted molar refractivity (Wildman–Crippen MR) is 105 cm³/mol. The third kappa shape index (κ3) is 4.48. The number of aliphatic imine (C=N–C) groups is 1. The number of Topliss-reactive ketones (excluding diaryl/α,β-unsaturated/α-hetero) is 1. The second-order valence-corrected chi connectivity index (χ2v) is 6.88. The van der Waals surface area contributed by atoms with E-state index in [0.717, 1.165) is 47.6 Å². The van der Waals surface area contributed by atoms with Crippen LogP contribution in [0.1, 0.15) is 29.6 Å². The fourth-order valence-electron chi connectivity index (χ4n) is 2.87. The summed E-state index contributed by atoms with van der Waals surface area (Å²) in [5.74, 6) is 1.87. The van der Waals surface area contributed by atoms with E-state index in [4.69, 9.17) is 4.74 Å². The molecule has 0 radical (unpaired) electrons. The van der Waals surface area contributed by atoms with E-state index in [9.17, 15) is 4.79 Å². The minimum atomic E-state index is 0.0802. The summed E-state index contributed by atoms with van der Waals surface area (Å²) in [6.07, 6.45) is 3.12. The lowest BCUT2D eigenvalue weighted by molar-refractivity contribution is 0.100. The van der Waals surface area contributed by atoms with Gasteiger partial charge in [-0.25, -0.2) is 0 Å². The van der Waals surface area contributed by atoms with Gasteiger partial charge >= 0.3 is 0 Å². The summed E-state index contributed by atoms with van der Waals surface area (Å²) in [6.45, 7) is 1.11. The van der Waals surface area contributed by atoms with Crippen molar-refractivity contribution in [3.8, 4) is 5.75 Å². The molecule has 0 fully saturated rings. The summed E-state index contributed by atoms with van der Waals surface area (Å²) in [5.41, 5.74) is 1.67. The number of halogens is 1. The molecule has 0 aliphatic carbocycles. The first-order valence-corrected chi connectivity index (χ1v) is 9.20. The smallest absolute Gasteiger partial charge is 0.182 e. The lowest BCUT2D eigenvalue weighted by Crippen LogP contribution is -2.37. The maximum atomic E-state index is 12.8. The van der Waals surface area contributed by atoms with Gasteiger partial charge in [-0.05, 0) is 49.2 Å². The zero-order valence-corrected chi connectivity index (χ0v) is 15.8. The number of hydrogen-bond donors (Lipinski definition) is 0. The number of benzene rings is 2. The topological polar surface area (TPSA) is 41.9 Å². The molecule has 1 heterocycles. The average molecular weight is 401 g/mol. The molecule has 0 amide bonds. The van der Waals surface area contributed by atoms with Crippen LogP contribution in [-0.2, 0) is 0 Å². The van der Waals surface area contributed by atoms with Gasteiger partial charge in [-0.15, -0.1) is 0 Å². The van der Waals surface area contributed by atoms with Crippen LogP contribution in [0.15, 0.2) is 58.0 Å². The lowest BCUT2D eigenvalue weighted by Gasteiger charge is -2.28. The number of nitrogens with zero attached hydrogens (tertiary/aromatic N) is 2. The van der Waals surface area contributed by atoms with Gasteiger partial charge in [0.05, 0.1) is 13.7 Å². The fourth-order valence-corrected chi connectivity index (χ4v) is 3.13. The Morgan fingerprint density at radius 2 is 1.84 bits per heavy atom. The van der Waals surface area contributed by atoms with Crippen molar-refractivity contribution in [1.82, 2.24) is 0 Å². The van der Waals surface area contributed by atoms with Crippen LogP contribution >= 0.6 is 15.9 Å². The van der Waals surface area contributed by atoms with Crippen LogP contribution in [0.2, 0.25) is 0 Å². The molecule has 0 unspecified atom stereocenters. The second kappa shape index (κ2) is 8.30. The maximum Gasteiger partial charge on any atom is 0.182 e. The largest absolute Gasteiger partial charge is 0.497 e. The van der Waals surface area contributed by atoms with Crippen molar-refractivity contribution >= 4 is 33.2 Å². The molecule has 1 aliphatic heterocycles. The number of anilines is 1. The molecule has 0 saturated carbocycles. The zero-order valence-electron chi connectivity index (χ0n) is 14.2. The normalized spacial score (nSPS) is 13.9. The molecule has 0 N–H and O–H groups in total. The summed E-state index contributed by atoms with van der Waals surface area (Å²) >= 11 is 3.41. The van der Waals surface area contributed by atoms with Crippen molar-refractivity contribution in [2.75, 3.05) is 25.1 Å². The van der Waals surface area contributed by atoms with Gasteiger partial charge < -0.3 is 9.64 Å². The van der Waals surface area contributed by atoms with Crippen molar-refractivity contribution < 1.29 is 9.53 Å². The molecule has 130 valence electrons. The first kappa shape index (κ1) is 17.7. The van der Waals surface area contributed by atoms with Crippen molar-refractivity contribution in [2.45, 2.75) is 19.3 Å². The molecule has 25 heavy (non-hydrogen) atoms. The van der Waals surface area contributed by atoms with Crippen LogP contribution in [-0.4, -0.2) is 31.8 Å². The van der Waals surface area contributed by atoms with Crippen molar-refractivity contribution in [2.24, 2.45) is 4.99 Å². The molecule has 2 aromatic carbocycles. The molecule has 4 nitrogen and oxygen atoms in total. The van der Waals surface area contributed by atoms with E-state index in [-0.39, 0.29) is 12.3 Å². The first-order valence-electron chi connectivity index (χ1n) is 8.41. The number of carbonyl (C=O) groups excluding carboxylic acids is 1. The van der Waals surface area contributed by atoms with E-state index < -0.39 is 0 Å². The van der Waals surface area contributed by atoms with Gasteiger partial charge in [0.15, 0.2) is 5.78 Å². The summed E-state index contributed by atoms with van der Waals surface area (Å²) < 4.78 is 6.20. The summed E-state index contributed by atoms with van der Waals surface area (Å²) in [7, 11) is 1.65. The summed E-state index contributed by atoms with van der Waals surface area (Å²) in [6, 6.07) is 15.3. The standard InChI is InChI=1S/C20H21BrN2O2/c1-25-18-11-9-17(10-12-18)23(20-4-2-3-13-22-20)14-19(24)15-5-7-16(21)8-6-15/h5-12H,2-4,13-14H2,1H3. The molecule has 3 rings (SSSR count). The number of carbonyl (C=O) groups is 1. The van der Waals surface area contributed by atoms with Crippen LogP contribution in [0.3, 0.4) is 0 Å². The number of hydrogen-bond acceptors (Lipinski definition) is 4. The van der Waals surface area contributed by atoms with E-state index in [0.29, 0.717) is 5.56 Å². The number of ketones is 1. The third-order valence-electron chi connectivity index (χ3n) is 4.27. The zero-order chi connectivity index (χ0) is 17.6. The van der Waals surface area contributed by atoms with Crippen LogP contribution in [0.4, 0.5) is 5.69 Å². The highest BCUT2D eigenvalue weighted by Crippen LogP contribution is 2.23. The van der Waals surface area contributed by atoms with Gasteiger partial charge in [0.1, 0.15) is 11.6 Å². The van der Waals surface area contributed by atoms with Gasteiger partial charge in [-0.1, -0.05) is 28.1 Å². The Morgan fingerprint density at radius 1 is 1.12 bits per heavy atom. The lowest BCUT2D eigenvalue weighted by atomic mass is 10.1. The number of rotatable bonds is 5. The quantitative estimate of drug-likeness (QED) is 0.681. The monoisotopic (exact) mass is 400 g/mol. The SMILES string of the molecule is COc1ccc(N(CC(=O)c2ccc(Br)cc2)C2=NCCCC2)cc1. The molecular formula is C20H21BrN2O2. The Morgan fingerprint density at radius 3 is 2.44 bits per heavy atom. The van der Waals surface area contributed by atoms with Crippen LogP contribution in [0.5, 0.6) is 5.75 Å². The second-order valence-electron chi connectivity index (χ2n) is 5.97.